The Morgan fingerprint density at radius 2 is 2.36 bits per heavy atom. The number of ether oxygens (including phenoxy) is 1. The summed E-state index contributed by atoms with van der Waals surface area (Å²) in [4.78, 5) is 16.5. The molecule has 136 valence electrons. The number of benzene rings is 1. The van der Waals surface area contributed by atoms with Crippen LogP contribution in [0.25, 0.3) is 11.3 Å². The molecule has 0 aliphatic carbocycles. The third-order valence-electron chi connectivity index (χ3n) is 4.14. The number of carbonyl (C=O) groups excluding carboxylic acids is 1. The summed E-state index contributed by atoms with van der Waals surface area (Å²) in [5.41, 5.74) is 1.69. The number of amides is 1. The number of hydrogen-bond donors (Lipinski definition) is 2. The number of aromatic nitrogens is 1. The number of methoxy groups -OCH3 is 1. The van der Waals surface area contributed by atoms with E-state index in [1.807, 2.05) is 23.6 Å². The molecular weight excluding hydrogens is 381 g/mol. The first-order valence-electron chi connectivity index (χ1n) is 7.95. The van der Waals surface area contributed by atoms with Crippen LogP contribution in [0, 0.1) is 5.92 Å². The van der Waals surface area contributed by atoms with Crippen LogP contribution in [0.2, 0.25) is 5.02 Å². The first-order chi connectivity index (χ1) is 11.7. The molecule has 1 fully saturated rings. The highest BCUT2D eigenvalue weighted by Gasteiger charge is 2.16. The lowest BCUT2D eigenvalue weighted by atomic mass is 10.0. The Balaban J connectivity index is 0.00000225. The molecule has 1 atom stereocenters. The Morgan fingerprint density at radius 1 is 1.52 bits per heavy atom. The van der Waals surface area contributed by atoms with Gasteiger partial charge in [0.1, 0.15) is 5.75 Å². The Kier molecular flexibility index (Phi) is 7.50. The van der Waals surface area contributed by atoms with Crippen LogP contribution in [0.3, 0.4) is 0 Å². The number of rotatable bonds is 6. The van der Waals surface area contributed by atoms with E-state index in [9.17, 15) is 4.79 Å². The second-order valence-electron chi connectivity index (χ2n) is 5.83. The van der Waals surface area contributed by atoms with Gasteiger partial charge in [-0.3, -0.25) is 4.79 Å². The van der Waals surface area contributed by atoms with Crippen molar-refractivity contribution >= 4 is 46.4 Å². The van der Waals surface area contributed by atoms with E-state index in [0.717, 1.165) is 37.2 Å². The van der Waals surface area contributed by atoms with Gasteiger partial charge in [-0.15, -0.1) is 23.7 Å². The van der Waals surface area contributed by atoms with E-state index in [1.165, 1.54) is 11.3 Å². The van der Waals surface area contributed by atoms with Gasteiger partial charge < -0.3 is 15.4 Å². The van der Waals surface area contributed by atoms with Crippen molar-refractivity contribution in [3.8, 4) is 17.0 Å². The second-order valence-corrected chi connectivity index (χ2v) is 7.10. The van der Waals surface area contributed by atoms with Crippen LogP contribution in [0.15, 0.2) is 23.6 Å². The van der Waals surface area contributed by atoms with Gasteiger partial charge in [0, 0.05) is 17.4 Å². The van der Waals surface area contributed by atoms with Crippen LogP contribution in [-0.4, -0.2) is 31.1 Å². The molecule has 1 unspecified atom stereocenters. The lowest BCUT2D eigenvalue weighted by Crippen LogP contribution is -2.14. The maximum atomic E-state index is 12.1. The second kappa shape index (κ2) is 9.38. The normalized spacial score (nSPS) is 16.3. The maximum Gasteiger partial charge on any atom is 0.226 e. The molecule has 1 aromatic carbocycles. The topological polar surface area (TPSA) is 63.2 Å². The van der Waals surface area contributed by atoms with Crippen molar-refractivity contribution in [2.75, 3.05) is 25.5 Å². The first kappa shape index (κ1) is 20.0. The fraction of sp³-hybridized carbons (Fsp3) is 0.412. The van der Waals surface area contributed by atoms with Crippen LogP contribution in [0.4, 0.5) is 5.13 Å². The van der Waals surface area contributed by atoms with E-state index in [2.05, 4.69) is 15.6 Å². The largest absolute Gasteiger partial charge is 0.495 e. The zero-order chi connectivity index (χ0) is 16.9. The summed E-state index contributed by atoms with van der Waals surface area (Å²) in [6.07, 6.45) is 2.62. The molecule has 0 spiro atoms. The van der Waals surface area contributed by atoms with E-state index >= 15 is 0 Å². The maximum absolute atomic E-state index is 12.1. The van der Waals surface area contributed by atoms with Crippen LogP contribution < -0.4 is 15.4 Å². The highest BCUT2D eigenvalue weighted by Crippen LogP contribution is 2.31. The van der Waals surface area contributed by atoms with Crippen molar-refractivity contribution in [1.29, 1.82) is 0 Å². The molecule has 2 N–H and O–H groups in total. The number of carbonyl (C=O) groups is 1. The number of anilines is 1. The Hall–Kier alpha value is -1.34. The van der Waals surface area contributed by atoms with E-state index < -0.39 is 0 Å². The third kappa shape index (κ3) is 5.31. The molecule has 0 bridgehead atoms. The molecule has 0 radical (unpaired) electrons. The van der Waals surface area contributed by atoms with Crippen LogP contribution in [0.1, 0.15) is 19.3 Å². The monoisotopic (exact) mass is 401 g/mol. The molecule has 0 saturated carbocycles. The third-order valence-corrected chi connectivity index (χ3v) is 5.19. The van der Waals surface area contributed by atoms with Crippen molar-refractivity contribution in [2.24, 2.45) is 5.92 Å². The number of nitrogens with one attached hydrogen (secondary N) is 2. The molecule has 1 aromatic heterocycles. The molecule has 1 amide bonds. The summed E-state index contributed by atoms with van der Waals surface area (Å²) in [6, 6.07) is 5.53. The molecule has 1 aliphatic rings. The Labute approximate surface area is 162 Å². The average molecular weight is 402 g/mol. The minimum absolute atomic E-state index is 0. The van der Waals surface area contributed by atoms with Crippen molar-refractivity contribution in [1.82, 2.24) is 10.3 Å². The Morgan fingerprint density at radius 3 is 3.04 bits per heavy atom. The smallest absolute Gasteiger partial charge is 0.226 e. The number of thiazole rings is 1. The van der Waals surface area contributed by atoms with Gasteiger partial charge in [-0.25, -0.2) is 4.98 Å². The number of halogens is 2. The van der Waals surface area contributed by atoms with Crippen LogP contribution >= 0.6 is 35.3 Å². The molecule has 3 rings (SSSR count). The van der Waals surface area contributed by atoms with Gasteiger partial charge in [0.2, 0.25) is 5.91 Å². The molecular formula is C17H21Cl2N3O2S. The highest BCUT2D eigenvalue weighted by atomic mass is 35.5. The fourth-order valence-corrected chi connectivity index (χ4v) is 3.76. The van der Waals surface area contributed by atoms with E-state index in [4.69, 9.17) is 16.3 Å². The summed E-state index contributed by atoms with van der Waals surface area (Å²) in [5.74, 6) is 1.27. The summed E-state index contributed by atoms with van der Waals surface area (Å²) < 4.78 is 5.15. The zero-order valence-corrected chi connectivity index (χ0v) is 16.3. The minimum atomic E-state index is 0. The lowest BCUT2D eigenvalue weighted by Gasteiger charge is -2.07. The number of nitrogens with zero attached hydrogens (tertiary/aromatic N) is 1. The summed E-state index contributed by atoms with van der Waals surface area (Å²) >= 11 is 7.57. The summed E-state index contributed by atoms with van der Waals surface area (Å²) in [5, 5.41) is 9.27. The van der Waals surface area contributed by atoms with E-state index in [1.54, 1.807) is 7.11 Å². The van der Waals surface area contributed by atoms with Crippen LogP contribution in [0.5, 0.6) is 5.75 Å². The van der Waals surface area contributed by atoms with Crippen molar-refractivity contribution in [2.45, 2.75) is 19.3 Å². The summed E-state index contributed by atoms with van der Waals surface area (Å²) in [6.45, 7) is 2.08. The van der Waals surface area contributed by atoms with Gasteiger partial charge in [0.25, 0.3) is 0 Å². The highest BCUT2D eigenvalue weighted by molar-refractivity contribution is 7.14. The van der Waals surface area contributed by atoms with Crippen LogP contribution in [-0.2, 0) is 4.79 Å². The first-order valence-corrected chi connectivity index (χ1v) is 9.21. The van der Waals surface area contributed by atoms with Crippen molar-refractivity contribution in [3.05, 3.63) is 28.6 Å². The number of hydrogen-bond acceptors (Lipinski definition) is 5. The SMILES string of the molecule is COc1ccc(-c2csc(NC(=O)CCC3CCNC3)n2)cc1Cl.Cl. The molecule has 1 aliphatic heterocycles. The van der Waals surface area contributed by atoms with Gasteiger partial charge in [-0.1, -0.05) is 11.6 Å². The average Bonchev–Trinajstić information content (AvgIpc) is 3.24. The quantitative estimate of drug-likeness (QED) is 0.760. The van der Waals surface area contributed by atoms with Crippen molar-refractivity contribution < 1.29 is 9.53 Å². The molecule has 2 heterocycles. The van der Waals surface area contributed by atoms with Gasteiger partial charge >= 0.3 is 0 Å². The lowest BCUT2D eigenvalue weighted by molar-refractivity contribution is -0.116. The summed E-state index contributed by atoms with van der Waals surface area (Å²) in [7, 11) is 1.58. The fourth-order valence-electron chi connectivity index (χ4n) is 2.77. The van der Waals surface area contributed by atoms with Gasteiger partial charge in [-0.2, -0.15) is 0 Å². The molecule has 8 heteroatoms. The van der Waals surface area contributed by atoms with Gasteiger partial charge in [-0.05, 0) is 50.0 Å². The molecule has 25 heavy (non-hydrogen) atoms. The van der Waals surface area contributed by atoms with Crippen molar-refractivity contribution in [3.63, 3.8) is 0 Å². The van der Waals surface area contributed by atoms with E-state index in [-0.39, 0.29) is 18.3 Å². The van der Waals surface area contributed by atoms with Gasteiger partial charge in [0.15, 0.2) is 5.13 Å². The predicted molar refractivity (Wildman–Crippen MR) is 105 cm³/mol. The van der Waals surface area contributed by atoms with Gasteiger partial charge in [0.05, 0.1) is 17.8 Å². The van der Waals surface area contributed by atoms with E-state index in [0.29, 0.717) is 28.2 Å². The predicted octanol–water partition coefficient (Wildman–Crippen LogP) is 4.22. The zero-order valence-electron chi connectivity index (χ0n) is 13.9. The minimum Gasteiger partial charge on any atom is -0.495 e. The molecule has 1 saturated heterocycles. The Bertz CT molecular complexity index is 718. The standard InChI is InChI=1S/C17H20ClN3O2S.ClH/c1-23-15-4-3-12(8-13(15)18)14-10-24-17(20-14)21-16(22)5-2-11-6-7-19-9-11;/h3-4,8,10-11,19H,2,5-7,9H2,1H3,(H,20,21,22);1H. The molecule has 2 aromatic rings. The molecule has 5 nitrogen and oxygen atoms in total.